The summed E-state index contributed by atoms with van der Waals surface area (Å²) in [5.74, 6) is 0.676. The summed E-state index contributed by atoms with van der Waals surface area (Å²) < 4.78 is 1.64. The van der Waals surface area contributed by atoms with Gasteiger partial charge in [0.2, 0.25) is 0 Å². The molecule has 1 aromatic heterocycles. The summed E-state index contributed by atoms with van der Waals surface area (Å²) in [5.41, 5.74) is 4.81. The van der Waals surface area contributed by atoms with Crippen LogP contribution < -0.4 is 10.9 Å². The molecule has 152 valence electrons. The molecule has 0 spiro atoms. The Morgan fingerprint density at radius 2 is 1.73 bits per heavy atom. The molecule has 0 aliphatic carbocycles. The van der Waals surface area contributed by atoms with Gasteiger partial charge >= 0.3 is 0 Å². The average Bonchev–Trinajstić information content (AvgIpc) is 2.77. The predicted molar refractivity (Wildman–Crippen MR) is 127 cm³/mol. The summed E-state index contributed by atoms with van der Waals surface area (Å²) >= 11 is 1.71. The van der Waals surface area contributed by atoms with Crippen molar-refractivity contribution in [3.05, 3.63) is 88.2 Å². The summed E-state index contributed by atoms with van der Waals surface area (Å²) in [5, 5.41) is 4.27. The number of aromatic nitrogens is 2. The van der Waals surface area contributed by atoms with E-state index in [1.807, 2.05) is 55.5 Å². The molecule has 1 heterocycles. The van der Waals surface area contributed by atoms with Gasteiger partial charge in [-0.25, -0.2) is 4.98 Å². The van der Waals surface area contributed by atoms with Crippen LogP contribution in [0.3, 0.4) is 0 Å². The summed E-state index contributed by atoms with van der Waals surface area (Å²) in [6.45, 7) is 4.14. The molecule has 0 aliphatic rings. The summed E-state index contributed by atoms with van der Waals surface area (Å²) in [4.78, 5) is 19.4. The minimum atomic E-state index is -0.0273. The fourth-order valence-electron chi connectivity index (χ4n) is 3.80. The van der Waals surface area contributed by atoms with Crippen molar-refractivity contribution in [3.63, 3.8) is 0 Å². The predicted octanol–water partition coefficient (Wildman–Crippen LogP) is 5.80. The second-order valence-electron chi connectivity index (χ2n) is 7.48. The van der Waals surface area contributed by atoms with Crippen molar-refractivity contribution in [3.8, 4) is 11.4 Å². The first kappa shape index (κ1) is 20.2. The minimum absolute atomic E-state index is 0.0103. The number of anilines is 1. The Labute approximate surface area is 181 Å². The Bertz CT molecular complexity index is 1260. The molecular weight excluding hydrogens is 390 g/mol. The molecule has 0 aliphatic heterocycles. The van der Waals surface area contributed by atoms with E-state index in [1.54, 1.807) is 23.4 Å². The van der Waals surface area contributed by atoms with E-state index in [0.717, 1.165) is 27.9 Å². The van der Waals surface area contributed by atoms with Crippen LogP contribution in [0.4, 0.5) is 5.69 Å². The number of benzene rings is 3. The zero-order valence-corrected chi connectivity index (χ0v) is 18.5. The first-order chi connectivity index (χ1) is 14.5. The lowest BCUT2D eigenvalue weighted by Crippen LogP contribution is -2.21. The van der Waals surface area contributed by atoms with Gasteiger partial charge in [-0.3, -0.25) is 9.36 Å². The molecule has 0 bridgehead atoms. The third kappa shape index (κ3) is 3.73. The van der Waals surface area contributed by atoms with E-state index in [4.69, 9.17) is 4.98 Å². The average molecular weight is 416 g/mol. The van der Waals surface area contributed by atoms with Crippen molar-refractivity contribution in [1.29, 1.82) is 0 Å². The Hall–Kier alpha value is -3.05. The normalized spacial score (nSPS) is 12.1. The van der Waals surface area contributed by atoms with Crippen LogP contribution in [0, 0.1) is 6.92 Å². The van der Waals surface area contributed by atoms with E-state index >= 15 is 0 Å². The lowest BCUT2D eigenvalue weighted by molar-refractivity contribution is 0.844. The number of hydrogen-bond donors (Lipinski definition) is 1. The highest BCUT2D eigenvalue weighted by Crippen LogP contribution is 2.31. The fourth-order valence-corrected chi connectivity index (χ4v) is 4.36. The molecular formula is C25H25N3OS. The van der Waals surface area contributed by atoms with Crippen molar-refractivity contribution in [2.24, 2.45) is 7.05 Å². The Kier molecular flexibility index (Phi) is 5.64. The molecule has 4 nitrogen and oxygen atoms in total. The van der Waals surface area contributed by atoms with Gasteiger partial charge in [0.25, 0.3) is 5.56 Å². The molecule has 30 heavy (non-hydrogen) atoms. The zero-order valence-electron chi connectivity index (χ0n) is 17.6. The maximum Gasteiger partial charge on any atom is 0.261 e. The SMILES string of the molecule is CSc1ccccc1NC(C)c1cc(C)cc2c(=O)n(C)c(-c3ccccc3)nc12. The molecule has 5 heteroatoms. The van der Waals surface area contributed by atoms with E-state index in [-0.39, 0.29) is 11.6 Å². The highest BCUT2D eigenvalue weighted by molar-refractivity contribution is 7.98. The van der Waals surface area contributed by atoms with Crippen LogP contribution in [0.5, 0.6) is 0 Å². The van der Waals surface area contributed by atoms with Crippen LogP contribution in [0.15, 0.2) is 76.4 Å². The Balaban J connectivity index is 1.89. The standard InChI is InChI=1S/C25H25N3OS/c1-16-14-19(17(2)26-21-12-8-9-13-22(21)30-4)23-20(15-16)25(29)28(3)24(27-23)18-10-6-5-7-11-18/h5-15,17,26H,1-4H3. The molecule has 3 aromatic carbocycles. The van der Waals surface area contributed by atoms with Gasteiger partial charge in [-0.15, -0.1) is 11.8 Å². The molecule has 4 aromatic rings. The lowest BCUT2D eigenvalue weighted by Gasteiger charge is -2.20. The van der Waals surface area contributed by atoms with Crippen molar-refractivity contribution >= 4 is 28.4 Å². The van der Waals surface area contributed by atoms with Gasteiger partial charge < -0.3 is 5.32 Å². The largest absolute Gasteiger partial charge is 0.378 e. The van der Waals surface area contributed by atoms with E-state index in [2.05, 4.69) is 36.7 Å². The third-order valence-electron chi connectivity index (χ3n) is 5.33. The van der Waals surface area contributed by atoms with Crippen molar-refractivity contribution in [2.75, 3.05) is 11.6 Å². The van der Waals surface area contributed by atoms with Gasteiger partial charge in [-0.1, -0.05) is 48.5 Å². The molecule has 4 rings (SSSR count). The Morgan fingerprint density at radius 3 is 2.47 bits per heavy atom. The number of thioether (sulfide) groups is 1. The quantitative estimate of drug-likeness (QED) is 0.418. The zero-order chi connectivity index (χ0) is 21.3. The smallest absolute Gasteiger partial charge is 0.261 e. The van der Waals surface area contributed by atoms with E-state index in [9.17, 15) is 4.79 Å². The maximum atomic E-state index is 13.2. The number of hydrogen-bond acceptors (Lipinski definition) is 4. The lowest BCUT2D eigenvalue weighted by atomic mass is 10.0. The Morgan fingerprint density at radius 1 is 1.03 bits per heavy atom. The fraction of sp³-hybridized carbons (Fsp3) is 0.200. The highest BCUT2D eigenvalue weighted by Gasteiger charge is 2.17. The number of fused-ring (bicyclic) bond motifs is 1. The highest BCUT2D eigenvalue weighted by atomic mass is 32.2. The topological polar surface area (TPSA) is 46.9 Å². The van der Waals surface area contributed by atoms with Crippen LogP contribution in [0.1, 0.15) is 24.1 Å². The van der Waals surface area contributed by atoms with Gasteiger partial charge in [0.15, 0.2) is 0 Å². The van der Waals surface area contributed by atoms with E-state index in [0.29, 0.717) is 11.2 Å². The number of nitrogens with one attached hydrogen (secondary N) is 1. The third-order valence-corrected chi connectivity index (χ3v) is 6.13. The summed E-state index contributed by atoms with van der Waals surface area (Å²) in [7, 11) is 1.79. The van der Waals surface area contributed by atoms with E-state index < -0.39 is 0 Å². The minimum Gasteiger partial charge on any atom is -0.378 e. The maximum absolute atomic E-state index is 13.2. The first-order valence-corrected chi connectivity index (χ1v) is 11.2. The summed E-state index contributed by atoms with van der Waals surface area (Å²) in [6.07, 6.45) is 2.07. The number of rotatable bonds is 5. The number of nitrogens with zero attached hydrogens (tertiary/aromatic N) is 2. The van der Waals surface area contributed by atoms with Gasteiger partial charge in [-0.05, 0) is 43.9 Å². The molecule has 0 radical (unpaired) electrons. The number of aryl methyl sites for hydroxylation is 1. The van der Waals surface area contributed by atoms with Gasteiger partial charge in [0, 0.05) is 28.8 Å². The monoisotopic (exact) mass is 415 g/mol. The van der Waals surface area contributed by atoms with Crippen LogP contribution in [0.25, 0.3) is 22.3 Å². The summed E-state index contributed by atoms with van der Waals surface area (Å²) in [6, 6.07) is 22.2. The van der Waals surface area contributed by atoms with Crippen molar-refractivity contribution in [2.45, 2.75) is 24.8 Å². The molecule has 0 saturated heterocycles. The van der Waals surface area contributed by atoms with Crippen LogP contribution >= 0.6 is 11.8 Å². The van der Waals surface area contributed by atoms with Crippen molar-refractivity contribution in [1.82, 2.24) is 9.55 Å². The number of para-hydroxylation sites is 1. The van der Waals surface area contributed by atoms with Crippen LogP contribution in [-0.4, -0.2) is 15.8 Å². The van der Waals surface area contributed by atoms with E-state index in [1.165, 1.54) is 4.90 Å². The van der Waals surface area contributed by atoms with Crippen LogP contribution in [0.2, 0.25) is 0 Å². The van der Waals surface area contributed by atoms with Crippen molar-refractivity contribution < 1.29 is 0 Å². The van der Waals surface area contributed by atoms with Crippen LogP contribution in [-0.2, 0) is 7.05 Å². The van der Waals surface area contributed by atoms with Gasteiger partial charge in [-0.2, -0.15) is 0 Å². The van der Waals surface area contributed by atoms with Gasteiger partial charge in [0.05, 0.1) is 16.9 Å². The molecule has 1 unspecified atom stereocenters. The second kappa shape index (κ2) is 8.36. The molecule has 1 atom stereocenters. The first-order valence-electron chi connectivity index (χ1n) is 9.96. The molecule has 0 amide bonds. The molecule has 0 saturated carbocycles. The van der Waals surface area contributed by atoms with Gasteiger partial charge in [0.1, 0.15) is 5.82 Å². The second-order valence-corrected chi connectivity index (χ2v) is 8.33. The molecule has 0 fully saturated rings. The molecule has 1 N–H and O–H groups in total.